The first-order valence-corrected chi connectivity index (χ1v) is 8.58. The van der Waals surface area contributed by atoms with E-state index in [1.165, 1.54) is 4.31 Å². The fourth-order valence-electron chi connectivity index (χ4n) is 2.36. The highest BCUT2D eigenvalue weighted by Gasteiger charge is 2.32. The Balaban J connectivity index is 2.68. The highest BCUT2D eigenvalue weighted by atomic mass is 32.2. The maximum absolute atomic E-state index is 12.4. The molecule has 1 amide bonds. The van der Waals surface area contributed by atoms with Crippen LogP contribution in [0.25, 0.3) is 0 Å². The highest BCUT2D eigenvalue weighted by Crippen LogP contribution is 2.20. The number of hydrogen-bond donors (Lipinski definition) is 1. The van der Waals surface area contributed by atoms with Crippen molar-refractivity contribution < 1.29 is 23.1 Å². The number of piperidine rings is 1. The summed E-state index contributed by atoms with van der Waals surface area (Å²) < 4.78 is 29.4. The van der Waals surface area contributed by atoms with Crippen LogP contribution in [0.2, 0.25) is 0 Å². The quantitative estimate of drug-likeness (QED) is 0.660. The monoisotopic (exact) mass is 308 g/mol. The second-order valence-electron chi connectivity index (χ2n) is 5.00. The van der Waals surface area contributed by atoms with Gasteiger partial charge in [0.15, 0.2) is 0 Å². The number of amides is 1. The molecule has 1 unspecified atom stereocenters. The van der Waals surface area contributed by atoms with E-state index in [4.69, 9.17) is 9.84 Å². The number of aliphatic hydroxyl groups excluding tert-OH is 1. The zero-order chi connectivity index (χ0) is 15.2. The van der Waals surface area contributed by atoms with Crippen LogP contribution >= 0.6 is 0 Å². The molecule has 8 heteroatoms. The van der Waals surface area contributed by atoms with E-state index in [-0.39, 0.29) is 31.5 Å². The Morgan fingerprint density at radius 1 is 1.45 bits per heavy atom. The first kappa shape index (κ1) is 17.4. The van der Waals surface area contributed by atoms with E-state index < -0.39 is 10.0 Å². The van der Waals surface area contributed by atoms with Crippen LogP contribution in [0, 0.1) is 5.92 Å². The largest absolute Gasteiger partial charge is 0.395 e. The average molecular weight is 308 g/mol. The van der Waals surface area contributed by atoms with Gasteiger partial charge in [-0.05, 0) is 12.8 Å². The van der Waals surface area contributed by atoms with E-state index in [1.54, 1.807) is 12.0 Å². The van der Waals surface area contributed by atoms with Crippen LogP contribution in [-0.4, -0.2) is 81.4 Å². The van der Waals surface area contributed by atoms with Crippen molar-refractivity contribution in [3.8, 4) is 0 Å². The Hall–Kier alpha value is -0.700. The van der Waals surface area contributed by atoms with E-state index in [9.17, 15) is 13.2 Å². The van der Waals surface area contributed by atoms with Crippen molar-refractivity contribution in [3.63, 3.8) is 0 Å². The number of sulfonamides is 1. The Morgan fingerprint density at radius 2 is 2.15 bits per heavy atom. The molecule has 1 atom stereocenters. The molecule has 0 aromatic carbocycles. The Labute approximate surface area is 120 Å². The summed E-state index contributed by atoms with van der Waals surface area (Å²) >= 11 is 0. The summed E-state index contributed by atoms with van der Waals surface area (Å²) in [6, 6.07) is 0. The second-order valence-corrected chi connectivity index (χ2v) is 6.98. The molecule has 0 saturated carbocycles. The summed E-state index contributed by atoms with van der Waals surface area (Å²) in [6.07, 6.45) is 2.52. The number of hydrogen-bond acceptors (Lipinski definition) is 5. The second kappa shape index (κ2) is 7.92. The molecule has 1 fully saturated rings. The molecular weight excluding hydrogens is 284 g/mol. The van der Waals surface area contributed by atoms with Crippen molar-refractivity contribution in [2.75, 3.05) is 52.8 Å². The number of nitrogens with zero attached hydrogens (tertiary/aromatic N) is 2. The van der Waals surface area contributed by atoms with Gasteiger partial charge in [0.05, 0.1) is 25.4 Å². The van der Waals surface area contributed by atoms with Crippen LogP contribution in [0.1, 0.15) is 12.8 Å². The minimum Gasteiger partial charge on any atom is -0.395 e. The lowest BCUT2D eigenvalue weighted by molar-refractivity contribution is -0.137. The number of carbonyl (C=O) groups excluding carboxylic acids is 1. The first-order chi connectivity index (χ1) is 9.40. The van der Waals surface area contributed by atoms with Crippen molar-refractivity contribution in [1.82, 2.24) is 9.21 Å². The van der Waals surface area contributed by atoms with Crippen LogP contribution in [-0.2, 0) is 19.6 Å². The molecule has 1 N–H and O–H groups in total. The summed E-state index contributed by atoms with van der Waals surface area (Å²) in [6.45, 7) is 1.64. The van der Waals surface area contributed by atoms with Crippen LogP contribution in [0.15, 0.2) is 0 Å². The third-order valence-corrected chi connectivity index (χ3v) is 4.72. The average Bonchev–Trinajstić information content (AvgIpc) is 2.42. The molecule has 0 bridgehead atoms. The molecule has 0 aromatic rings. The molecule has 7 nitrogen and oxygen atoms in total. The Morgan fingerprint density at radius 3 is 2.70 bits per heavy atom. The third kappa shape index (κ3) is 5.01. The molecule has 0 spiro atoms. The van der Waals surface area contributed by atoms with E-state index in [2.05, 4.69) is 0 Å². The number of aliphatic hydroxyl groups is 1. The van der Waals surface area contributed by atoms with Crippen molar-refractivity contribution in [2.45, 2.75) is 12.8 Å². The summed E-state index contributed by atoms with van der Waals surface area (Å²) in [5.74, 6) is -0.439. The molecule has 118 valence electrons. The molecule has 1 rings (SSSR count). The minimum absolute atomic E-state index is 0.107. The molecule has 1 saturated heterocycles. The van der Waals surface area contributed by atoms with Crippen LogP contribution < -0.4 is 0 Å². The van der Waals surface area contributed by atoms with Crippen LogP contribution in [0.3, 0.4) is 0 Å². The van der Waals surface area contributed by atoms with E-state index in [0.717, 1.165) is 6.26 Å². The zero-order valence-electron chi connectivity index (χ0n) is 12.1. The smallest absolute Gasteiger partial charge is 0.227 e. The van der Waals surface area contributed by atoms with E-state index >= 15 is 0 Å². The molecule has 1 aliphatic rings. The topological polar surface area (TPSA) is 87.2 Å². The lowest BCUT2D eigenvalue weighted by Crippen LogP contribution is -2.47. The Kier molecular flexibility index (Phi) is 6.87. The van der Waals surface area contributed by atoms with Gasteiger partial charge in [0.2, 0.25) is 15.9 Å². The normalized spacial score (nSPS) is 20.9. The summed E-state index contributed by atoms with van der Waals surface area (Å²) in [7, 11) is -1.71. The lowest BCUT2D eigenvalue weighted by Gasteiger charge is -2.33. The Bertz CT molecular complexity index is 412. The predicted octanol–water partition coefficient (Wildman–Crippen LogP) is -0.875. The predicted molar refractivity (Wildman–Crippen MR) is 74.7 cm³/mol. The zero-order valence-corrected chi connectivity index (χ0v) is 12.9. The first-order valence-electron chi connectivity index (χ1n) is 6.74. The summed E-state index contributed by atoms with van der Waals surface area (Å²) in [5.41, 5.74) is 0. The molecular formula is C12H24N2O5S. The van der Waals surface area contributed by atoms with Gasteiger partial charge in [-0.1, -0.05) is 0 Å². The number of methoxy groups -OCH3 is 1. The SMILES string of the molecule is COCCN(CCO)C(=O)C1CCCN(S(C)(=O)=O)C1. The van der Waals surface area contributed by atoms with Crippen LogP contribution in [0.5, 0.6) is 0 Å². The van der Waals surface area contributed by atoms with Crippen LogP contribution in [0.4, 0.5) is 0 Å². The van der Waals surface area contributed by atoms with Gasteiger partial charge in [0, 0.05) is 33.3 Å². The van der Waals surface area contributed by atoms with Gasteiger partial charge in [-0.3, -0.25) is 4.79 Å². The minimum atomic E-state index is -3.26. The van der Waals surface area contributed by atoms with E-state index in [1.807, 2.05) is 0 Å². The third-order valence-electron chi connectivity index (χ3n) is 3.45. The summed E-state index contributed by atoms with van der Waals surface area (Å²) in [5, 5.41) is 9.02. The van der Waals surface area contributed by atoms with Crippen molar-refractivity contribution >= 4 is 15.9 Å². The number of rotatable bonds is 7. The van der Waals surface area contributed by atoms with Gasteiger partial charge in [-0.2, -0.15) is 0 Å². The van der Waals surface area contributed by atoms with Crippen molar-refractivity contribution in [1.29, 1.82) is 0 Å². The summed E-state index contributed by atoms with van der Waals surface area (Å²) in [4.78, 5) is 13.9. The molecule has 0 aromatic heterocycles. The van der Waals surface area contributed by atoms with E-state index in [0.29, 0.717) is 32.5 Å². The van der Waals surface area contributed by atoms with Gasteiger partial charge >= 0.3 is 0 Å². The van der Waals surface area contributed by atoms with Crippen molar-refractivity contribution in [2.24, 2.45) is 5.92 Å². The molecule has 1 aliphatic heterocycles. The molecule has 0 aliphatic carbocycles. The number of carbonyl (C=O) groups is 1. The van der Waals surface area contributed by atoms with Gasteiger partial charge in [0.25, 0.3) is 0 Å². The number of ether oxygens (including phenoxy) is 1. The molecule has 20 heavy (non-hydrogen) atoms. The molecule has 1 heterocycles. The fourth-order valence-corrected chi connectivity index (χ4v) is 3.27. The lowest BCUT2D eigenvalue weighted by atomic mass is 9.98. The molecule has 0 radical (unpaired) electrons. The fraction of sp³-hybridized carbons (Fsp3) is 0.917. The van der Waals surface area contributed by atoms with Gasteiger partial charge in [-0.15, -0.1) is 0 Å². The van der Waals surface area contributed by atoms with Gasteiger partial charge < -0.3 is 14.7 Å². The maximum atomic E-state index is 12.4. The highest BCUT2D eigenvalue weighted by molar-refractivity contribution is 7.88. The van der Waals surface area contributed by atoms with Gasteiger partial charge in [-0.25, -0.2) is 12.7 Å². The van der Waals surface area contributed by atoms with Gasteiger partial charge in [0.1, 0.15) is 0 Å². The van der Waals surface area contributed by atoms with Crippen molar-refractivity contribution in [3.05, 3.63) is 0 Å². The standard InChI is InChI=1S/C12H24N2O5S/c1-19-9-7-13(6-8-15)12(16)11-4-3-5-14(10-11)20(2,17)18/h11,15H,3-10H2,1-2H3. The maximum Gasteiger partial charge on any atom is 0.227 e.